The van der Waals surface area contributed by atoms with Crippen molar-refractivity contribution in [2.24, 2.45) is 0 Å². The first-order valence-corrected chi connectivity index (χ1v) is 10.3. The summed E-state index contributed by atoms with van der Waals surface area (Å²) < 4.78 is 45.5. The maximum absolute atomic E-state index is 13.0. The number of alkyl halides is 3. The molecule has 0 fully saturated rings. The van der Waals surface area contributed by atoms with Crippen molar-refractivity contribution in [2.75, 3.05) is 0 Å². The second kappa shape index (κ2) is 9.84. The molecule has 30 heavy (non-hydrogen) atoms. The van der Waals surface area contributed by atoms with Gasteiger partial charge in [0.15, 0.2) is 0 Å². The second-order valence-corrected chi connectivity index (χ2v) is 7.51. The zero-order valence-corrected chi connectivity index (χ0v) is 17.0. The van der Waals surface area contributed by atoms with Crippen molar-refractivity contribution in [3.63, 3.8) is 0 Å². The Balaban J connectivity index is 2.04. The Hall–Kier alpha value is -2.75. The Morgan fingerprint density at radius 1 is 0.967 bits per heavy atom. The molecule has 2 aromatic rings. The van der Waals surface area contributed by atoms with Gasteiger partial charge in [-0.3, -0.25) is 0 Å². The van der Waals surface area contributed by atoms with Crippen molar-refractivity contribution in [1.82, 2.24) is 0 Å². The van der Waals surface area contributed by atoms with E-state index in [9.17, 15) is 13.2 Å². The molecular weight excluding hydrogens is 385 g/mol. The quantitative estimate of drug-likeness (QED) is 0.451. The first-order valence-electron chi connectivity index (χ1n) is 10.3. The molecule has 0 saturated heterocycles. The molecule has 1 aliphatic heterocycles. The Kier molecular flexibility index (Phi) is 7.20. The first kappa shape index (κ1) is 21.9. The van der Waals surface area contributed by atoms with Crippen molar-refractivity contribution in [3.8, 4) is 0 Å². The van der Waals surface area contributed by atoms with Gasteiger partial charge in [0.25, 0.3) is 0 Å². The van der Waals surface area contributed by atoms with E-state index >= 15 is 0 Å². The summed E-state index contributed by atoms with van der Waals surface area (Å²) in [6.45, 7) is 7.73. The van der Waals surface area contributed by atoms with Crippen molar-refractivity contribution < 1.29 is 17.9 Å². The van der Waals surface area contributed by atoms with E-state index in [0.717, 1.165) is 60.3 Å². The summed E-state index contributed by atoms with van der Waals surface area (Å²) in [6.07, 6.45) is 4.00. The average molecular weight is 412 g/mol. The largest absolute Gasteiger partial charge is 0.489 e. The number of halogens is 3. The summed E-state index contributed by atoms with van der Waals surface area (Å²) in [5.41, 5.74) is 3.42. The molecule has 1 atom stereocenters. The Morgan fingerprint density at radius 3 is 2.33 bits per heavy atom. The molecule has 0 aromatic heterocycles. The summed E-state index contributed by atoms with van der Waals surface area (Å²) in [7, 11) is 0. The van der Waals surface area contributed by atoms with E-state index in [1.165, 1.54) is 17.7 Å². The number of benzene rings is 2. The van der Waals surface area contributed by atoms with E-state index in [2.05, 4.69) is 25.3 Å². The fourth-order valence-corrected chi connectivity index (χ4v) is 3.92. The van der Waals surface area contributed by atoms with Gasteiger partial charge < -0.3 is 4.74 Å². The topological polar surface area (TPSA) is 9.23 Å². The number of allylic oxidation sites excluding steroid dienone is 3. The fourth-order valence-electron chi connectivity index (χ4n) is 3.92. The van der Waals surface area contributed by atoms with Crippen LogP contribution in [0.4, 0.5) is 13.2 Å². The van der Waals surface area contributed by atoms with Crippen LogP contribution in [0.5, 0.6) is 0 Å². The van der Waals surface area contributed by atoms with E-state index < -0.39 is 11.7 Å². The Bertz CT molecular complexity index is 907. The monoisotopic (exact) mass is 412 g/mol. The number of ether oxygens (including phenoxy) is 1. The predicted molar refractivity (Wildman–Crippen MR) is 116 cm³/mol. The third kappa shape index (κ3) is 5.24. The van der Waals surface area contributed by atoms with Crippen LogP contribution in [0.1, 0.15) is 60.5 Å². The predicted octanol–water partition coefficient (Wildman–Crippen LogP) is 8.05. The molecule has 1 unspecified atom stereocenters. The van der Waals surface area contributed by atoms with E-state index in [1.807, 2.05) is 18.2 Å². The molecule has 1 aliphatic rings. The van der Waals surface area contributed by atoms with Crippen LogP contribution in [0.15, 0.2) is 79.6 Å². The van der Waals surface area contributed by atoms with Gasteiger partial charge in [0.2, 0.25) is 0 Å². The SMILES string of the molecule is C=CC/C(=C1\CCCCc2ccccc2C(CC=C)O1)c1ccc(C(F)(F)F)cc1. The maximum Gasteiger partial charge on any atom is 0.416 e. The highest BCUT2D eigenvalue weighted by atomic mass is 19.4. The molecule has 0 spiro atoms. The van der Waals surface area contributed by atoms with E-state index in [0.29, 0.717) is 12.8 Å². The van der Waals surface area contributed by atoms with Crippen LogP contribution in [0.3, 0.4) is 0 Å². The second-order valence-electron chi connectivity index (χ2n) is 7.51. The minimum absolute atomic E-state index is 0.166. The Labute approximate surface area is 176 Å². The number of hydrogen-bond acceptors (Lipinski definition) is 1. The van der Waals surface area contributed by atoms with Gasteiger partial charge in [-0.15, -0.1) is 13.2 Å². The number of aryl methyl sites for hydroxylation is 1. The van der Waals surface area contributed by atoms with Gasteiger partial charge in [-0.1, -0.05) is 48.6 Å². The summed E-state index contributed by atoms with van der Waals surface area (Å²) in [4.78, 5) is 0. The van der Waals surface area contributed by atoms with Crippen LogP contribution < -0.4 is 0 Å². The molecular formula is C26H27F3O. The molecule has 2 aromatic carbocycles. The van der Waals surface area contributed by atoms with E-state index in [4.69, 9.17) is 4.74 Å². The molecule has 1 nitrogen and oxygen atoms in total. The molecule has 0 N–H and O–H groups in total. The van der Waals surface area contributed by atoms with Crippen LogP contribution >= 0.6 is 0 Å². The summed E-state index contributed by atoms with van der Waals surface area (Å²) in [6, 6.07) is 13.6. The molecule has 0 aliphatic carbocycles. The zero-order valence-electron chi connectivity index (χ0n) is 17.0. The molecule has 0 amide bonds. The van der Waals surface area contributed by atoms with Crippen LogP contribution in [0, 0.1) is 0 Å². The lowest BCUT2D eigenvalue weighted by Gasteiger charge is -2.24. The van der Waals surface area contributed by atoms with Crippen LogP contribution in [-0.4, -0.2) is 0 Å². The maximum atomic E-state index is 13.0. The smallest absolute Gasteiger partial charge is 0.416 e. The number of rotatable bonds is 5. The number of hydrogen-bond donors (Lipinski definition) is 0. The van der Waals surface area contributed by atoms with E-state index in [1.54, 1.807) is 6.08 Å². The van der Waals surface area contributed by atoms with Crippen LogP contribution in [0.25, 0.3) is 5.57 Å². The first-order chi connectivity index (χ1) is 14.4. The van der Waals surface area contributed by atoms with Crippen molar-refractivity contribution in [1.29, 1.82) is 0 Å². The van der Waals surface area contributed by atoms with Crippen molar-refractivity contribution in [2.45, 2.75) is 50.8 Å². The van der Waals surface area contributed by atoms with Crippen LogP contribution in [0.2, 0.25) is 0 Å². The third-order valence-corrected chi connectivity index (χ3v) is 5.41. The van der Waals surface area contributed by atoms with Crippen molar-refractivity contribution in [3.05, 3.63) is 102 Å². The van der Waals surface area contributed by atoms with Gasteiger partial charge in [0.05, 0.1) is 5.56 Å². The highest BCUT2D eigenvalue weighted by molar-refractivity contribution is 5.69. The van der Waals surface area contributed by atoms with Gasteiger partial charge in [-0.05, 0) is 54.5 Å². The zero-order chi connectivity index (χ0) is 21.6. The van der Waals surface area contributed by atoms with Gasteiger partial charge in [-0.25, -0.2) is 0 Å². The molecule has 158 valence electrons. The third-order valence-electron chi connectivity index (χ3n) is 5.41. The van der Waals surface area contributed by atoms with Gasteiger partial charge in [0, 0.05) is 18.4 Å². The average Bonchev–Trinajstić information content (AvgIpc) is 2.81. The lowest BCUT2D eigenvalue weighted by atomic mass is 9.96. The minimum Gasteiger partial charge on any atom is -0.489 e. The minimum atomic E-state index is -4.35. The highest BCUT2D eigenvalue weighted by Gasteiger charge is 2.30. The molecule has 3 rings (SSSR count). The van der Waals surface area contributed by atoms with Gasteiger partial charge >= 0.3 is 6.18 Å². The van der Waals surface area contributed by atoms with Gasteiger partial charge in [-0.2, -0.15) is 13.2 Å². The standard InChI is InChI=1S/C26H27F3O/c1-3-9-22(20-15-17-21(18-16-20)26(27,28)29)25-14-8-6-12-19-11-5-7-13-23(19)24(30-25)10-4-2/h3-5,7,11,13,15-18,24H,1-2,6,8-10,12,14H2/b25-22-. The summed E-state index contributed by atoms with van der Waals surface area (Å²) in [5.74, 6) is 0.832. The molecule has 0 radical (unpaired) electrons. The summed E-state index contributed by atoms with van der Waals surface area (Å²) in [5, 5.41) is 0. The molecule has 0 bridgehead atoms. The fraction of sp³-hybridized carbons (Fsp3) is 0.308. The lowest BCUT2D eigenvalue weighted by Crippen LogP contribution is -2.08. The van der Waals surface area contributed by atoms with Crippen LogP contribution in [-0.2, 0) is 17.3 Å². The summed E-state index contributed by atoms with van der Waals surface area (Å²) >= 11 is 0. The Morgan fingerprint density at radius 2 is 1.67 bits per heavy atom. The number of fused-ring (bicyclic) bond motifs is 1. The molecule has 1 heterocycles. The normalized spacial score (nSPS) is 18.8. The molecule has 0 saturated carbocycles. The van der Waals surface area contributed by atoms with E-state index in [-0.39, 0.29) is 6.10 Å². The lowest BCUT2D eigenvalue weighted by molar-refractivity contribution is -0.137. The van der Waals surface area contributed by atoms with Gasteiger partial charge in [0.1, 0.15) is 11.9 Å². The molecule has 4 heteroatoms. The van der Waals surface area contributed by atoms with Crippen molar-refractivity contribution >= 4 is 5.57 Å². The highest BCUT2D eigenvalue weighted by Crippen LogP contribution is 2.37.